The third kappa shape index (κ3) is 6.46. The maximum Gasteiger partial charge on any atom is 0.251 e. The molecule has 0 bridgehead atoms. The molecule has 0 aliphatic carbocycles. The van der Waals surface area contributed by atoms with Crippen molar-refractivity contribution in [3.8, 4) is 0 Å². The minimum absolute atomic E-state index is 0.181. The predicted octanol–water partition coefficient (Wildman–Crippen LogP) is -0.109. The van der Waals surface area contributed by atoms with Crippen LogP contribution in [0.4, 0.5) is 0 Å². The standard InChI is InChI=1S/C18H25N7O2/c1-3-20-18(23-11-15-8-9-24-25(15)2)22-10-13-4-6-14(7-5-13)17(27)21-12-16(19)26/h4-9H,3,10-12H2,1-2H3,(H2,19,26)(H,21,27)(H2,20,22,23). The van der Waals surface area contributed by atoms with Crippen LogP contribution in [0.1, 0.15) is 28.5 Å². The van der Waals surface area contributed by atoms with Crippen LogP contribution >= 0.6 is 0 Å². The molecule has 0 fully saturated rings. The Labute approximate surface area is 158 Å². The molecule has 0 aliphatic heterocycles. The minimum atomic E-state index is -0.580. The molecule has 0 unspecified atom stereocenters. The van der Waals surface area contributed by atoms with Crippen LogP contribution in [-0.2, 0) is 24.9 Å². The first-order valence-electron chi connectivity index (χ1n) is 8.64. The third-order valence-electron chi connectivity index (χ3n) is 3.76. The lowest BCUT2D eigenvalue weighted by molar-refractivity contribution is -0.117. The Balaban J connectivity index is 1.93. The molecule has 0 radical (unpaired) electrons. The SMILES string of the molecule is CCNC(=NCc1ccc(C(=O)NCC(N)=O)cc1)NCc1ccnn1C. The van der Waals surface area contributed by atoms with E-state index in [1.165, 1.54) is 0 Å². The van der Waals surface area contributed by atoms with Crippen molar-refractivity contribution >= 4 is 17.8 Å². The van der Waals surface area contributed by atoms with Gasteiger partial charge in [0.15, 0.2) is 5.96 Å². The van der Waals surface area contributed by atoms with Crippen LogP contribution in [0.3, 0.4) is 0 Å². The average molecular weight is 371 g/mol. The second-order valence-electron chi connectivity index (χ2n) is 5.84. The zero-order valence-electron chi connectivity index (χ0n) is 15.5. The zero-order valence-corrected chi connectivity index (χ0v) is 15.5. The molecule has 0 atom stereocenters. The Kier molecular flexibility index (Phi) is 7.36. The smallest absolute Gasteiger partial charge is 0.251 e. The number of nitrogens with two attached hydrogens (primary N) is 1. The van der Waals surface area contributed by atoms with Crippen molar-refractivity contribution in [3.05, 3.63) is 53.3 Å². The van der Waals surface area contributed by atoms with Crippen molar-refractivity contribution < 1.29 is 9.59 Å². The van der Waals surface area contributed by atoms with Gasteiger partial charge in [-0.25, -0.2) is 4.99 Å². The van der Waals surface area contributed by atoms with Crippen LogP contribution < -0.4 is 21.7 Å². The Bertz CT molecular complexity index is 796. The van der Waals surface area contributed by atoms with E-state index < -0.39 is 5.91 Å². The molecule has 2 aromatic rings. The van der Waals surface area contributed by atoms with E-state index in [-0.39, 0.29) is 12.5 Å². The van der Waals surface area contributed by atoms with E-state index in [2.05, 4.69) is 26.0 Å². The van der Waals surface area contributed by atoms with Gasteiger partial charge in [-0.05, 0) is 30.7 Å². The number of primary amides is 1. The number of nitrogens with one attached hydrogen (secondary N) is 3. The number of rotatable bonds is 8. The van der Waals surface area contributed by atoms with Crippen LogP contribution in [0.2, 0.25) is 0 Å². The number of aromatic nitrogens is 2. The summed E-state index contributed by atoms with van der Waals surface area (Å²) in [7, 11) is 1.89. The summed E-state index contributed by atoms with van der Waals surface area (Å²) in [4.78, 5) is 27.1. The first kappa shape index (κ1) is 20.0. The summed E-state index contributed by atoms with van der Waals surface area (Å²) in [6.07, 6.45) is 1.75. The van der Waals surface area contributed by atoms with Crippen LogP contribution in [0, 0.1) is 0 Å². The van der Waals surface area contributed by atoms with Crippen LogP contribution in [0.5, 0.6) is 0 Å². The molecule has 1 aromatic heterocycles. The van der Waals surface area contributed by atoms with Crippen LogP contribution in [-0.4, -0.2) is 40.6 Å². The summed E-state index contributed by atoms with van der Waals surface area (Å²) < 4.78 is 1.80. The van der Waals surface area contributed by atoms with Gasteiger partial charge in [0.2, 0.25) is 5.91 Å². The van der Waals surface area contributed by atoms with Gasteiger partial charge < -0.3 is 21.7 Å². The first-order chi connectivity index (χ1) is 13.0. The van der Waals surface area contributed by atoms with Crippen LogP contribution in [0.15, 0.2) is 41.5 Å². The van der Waals surface area contributed by atoms with E-state index in [1.54, 1.807) is 23.0 Å². The highest BCUT2D eigenvalue weighted by atomic mass is 16.2. The largest absolute Gasteiger partial charge is 0.368 e. The van der Waals surface area contributed by atoms with Gasteiger partial charge in [0.05, 0.1) is 25.3 Å². The molecule has 0 spiro atoms. The molecule has 0 saturated heterocycles. The van der Waals surface area contributed by atoms with Gasteiger partial charge in [-0.3, -0.25) is 14.3 Å². The summed E-state index contributed by atoms with van der Waals surface area (Å²) in [5, 5.41) is 13.0. The van der Waals surface area contributed by atoms with E-state index in [4.69, 9.17) is 5.73 Å². The second kappa shape index (κ2) is 9.95. The summed E-state index contributed by atoms with van der Waals surface area (Å²) >= 11 is 0. The molecule has 2 amide bonds. The second-order valence-corrected chi connectivity index (χ2v) is 5.84. The van der Waals surface area contributed by atoms with Crippen molar-refractivity contribution in [1.29, 1.82) is 0 Å². The zero-order chi connectivity index (χ0) is 19.6. The predicted molar refractivity (Wildman–Crippen MR) is 103 cm³/mol. The molecule has 9 nitrogen and oxygen atoms in total. The van der Waals surface area contributed by atoms with Crippen LogP contribution in [0.25, 0.3) is 0 Å². The molecule has 0 saturated carbocycles. The lowest BCUT2D eigenvalue weighted by Crippen LogP contribution is -2.37. The van der Waals surface area contributed by atoms with Gasteiger partial charge in [-0.15, -0.1) is 0 Å². The molecular formula is C18H25N7O2. The fourth-order valence-corrected chi connectivity index (χ4v) is 2.29. The van der Waals surface area contributed by atoms with Gasteiger partial charge in [-0.1, -0.05) is 12.1 Å². The van der Waals surface area contributed by atoms with Crippen molar-refractivity contribution in [2.24, 2.45) is 17.8 Å². The van der Waals surface area contributed by atoms with Gasteiger partial charge in [0, 0.05) is 25.4 Å². The van der Waals surface area contributed by atoms with Gasteiger partial charge in [0.1, 0.15) is 0 Å². The molecule has 9 heteroatoms. The Hall–Kier alpha value is -3.36. The molecule has 5 N–H and O–H groups in total. The van der Waals surface area contributed by atoms with E-state index >= 15 is 0 Å². The number of carbonyl (C=O) groups is 2. The number of hydrogen-bond acceptors (Lipinski definition) is 4. The summed E-state index contributed by atoms with van der Waals surface area (Å²) in [6.45, 7) is 3.64. The number of carbonyl (C=O) groups excluding carboxylic acids is 2. The number of aliphatic imine (C=N–C) groups is 1. The molecule has 0 aliphatic rings. The molecule has 27 heavy (non-hydrogen) atoms. The van der Waals surface area contributed by atoms with Gasteiger partial charge in [-0.2, -0.15) is 5.10 Å². The highest BCUT2D eigenvalue weighted by molar-refractivity contribution is 5.96. The lowest BCUT2D eigenvalue weighted by atomic mass is 10.1. The van der Waals surface area contributed by atoms with Gasteiger partial charge >= 0.3 is 0 Å². The number of guanidine groups is 1. The maximum atomic E-state index is 11.9. The monoisotopic (exact) mass is 371 g/mol. The summed E-state index contributed by atoms with van der Waals surface area (Å²) in [5.41, 5.74) is 7.48. The van der Waals surface area contributed by atoms with Crippen molar-refractivity contribution in [2.75, 3.05) is 13.1 Å². The van der Waals surface area contributed by atoms with Crippen molar-refractivity contribution in [2.45, 2.75) is 20.0 Å². The van der Waals surface area contributed by atoms with Gasteiger partial charge in [0.25, 0.3) is 5.91 Å². The van der Waals surface area contributed by atoms with E-state index in [0.29, 0.717) is 24.6 Å². The maximum absolute atomic E-state index is 11.9. The Morgan fingerprint density at radius 2 is 1.89 bits per heavy atom. The molecule has 144 valence electrons. The number of benzene rings is 1. The number of amides is 2. The summed E-state index contributed by atoms with van der Waals surface area (Å²) in [5.74, 6) is -0.221. The number of nitrogens with zero attached hydrogens (tertiary/aromatic N) is 3. The molecule has 1 heterocycles. The average Bonchev–Trinajstić information content (AvgIpc) is 3.07. The molecule has 2 rings (SSSR count). The number of aryl methyl sites for hydroxylation is 1. The molecular weight excluding hydrogens is 346 g/mol. The highest BCUT2D eigenvalue weighted by Crippen LogP contribution is 2.06. The van der Waals surface area contributed by atoms with Crippen molar-refractivity contribution in [3.63, 3.8) is 0 Å². The lowest BCUT2D eigenvalue weighted by Gasteiger charge is -2.11. The van der Waals surface area contributed by atoms with E-state index in [0.717, 1.165) is 17.8 Å². The topological polar surface area (TPSA) is 126 Å². The van der Waals surface area contributed by atoms with E-state index in [1.807, 2.05) is 32.2 Å². The Morgan fingerprint density at radius 1 is 1.15 bits per heavy atom. The summed E-state index contributed by atoms with van der Waals surface area (Å²) in [6, 6.07) is 8.98. The Morgan fingerprint density at radius 3 is 2.48 bits per heavy atom. The fraction of sp³-hybridized carbons (Fsp3) is 0.333. The highest BCUT2D eigenvalue weighted by Gasteiger charge is 2.06. The van der Waals surface area contributed by atoms with Crippen molar-refractivity contribution in [1.82, 2.24) is 25.7 Å². The number of hydrogen-bond donors (Lipinski definition) is 4. The third-order valence-corrected chi connectivity index (χ3v) is 3.76. The first-order valence-corrected chi connectivity index (χ1v) is 8.64. The normalized spacial score (nSPS) is 11.1. The minimum Gasteiger partial charge on any atom is -0.368 e. The fourth-order valence-electron chi connectivity index (χ4n) is 2.29. The van der Waals surface area contributed by atoms with E-state index in [9.17, 15) is 9.59 Å². The molecule has 1 aromatic carbocycles. The quantitative estimate of drug-likeness (QED) is 0.380.